The Balaban J connectivity index is 0.907. The summed E-state index contributed by atoms with van der Waals surface area (Å²) in [5.74, 6) is 6.49. The smallest absolute Gasteiger partial charge is 0.0634 e. The molecule has 1 heterocycles. The van der Waals surface area contributed by atoms with Gasteiger partial charge in [0.1, 0.15) is 0 Å². The normalized spacial score (nSPS) is 42.4. The molecule has 1 aliphatic heterocycles. The molecule has 2 nitrogen and oxygen atoms in total. The van der Waals surface area contributed by atoms with E-state index in [1.165, 1.54) is 173 Å². The average Bonchev–Trinajstić information content (AvgIpc) is 3.65. The fourth-order valence-corrected chi connectivity index (χ4v) is 15.7. The topological polar surface area (TPSA) is 15.3 Å². The number of nitrogens with one attached hydrogen (secondary N) is 1. The molecule has 2 heteroatoms. The first-order chi connectivity index (χ1) is 27.3. The van der Waals surface area contributed by atoms with Crippen LogP contribution >= 0.6 is 0 Å². The first-order valence-corrected chi connectivity index (χ1v) is 24.7. The Hall–Kier alpha value is -1.90. The zero-order valence-corrected chi connectivity index (χ0v) is 34.5. The molecule has 0 aromatic heterocycles. The van der Waals surface area contributed by atoms with Gasteiger partial charge in [0.25, 0.3) is 0 Å². The SMILES string of the molecule is C1=CC2=CCC(C3=C4CCC(C5CCC(C6NC7CCCCC7N6C6CCCCC6)CC5)=CC4=C(C4CCC5C=CCCC5C4)C4=CCCCC43)CC2CC1. The maximum absolute atomic E-state index is 4.36. The van der Waals surface area contributed by atoms with Crippen LogP contribution in [0.15, 0.2) is 81.5 Å². The second-order valence-corrected chi connectivity index (χ2v) is 21.0. The van der Waals surface area contributed by atoms with Crippen LogP contribution < -0.4 is 5.32 Å². The number of allylic oxidation sites excluding steroid dienone is 14. The van der Waals surface area contributed by atoms with E-state index in [4.69, 9.17) is 0 Å². The van der Waals surface area contributed by atoms with Crippen LogP contribution in [0, 0.1) is 47.3 Å². The van der Waals surface area contributed by atoms with Gasteiger partial charge in [0.05, 0.1) is 6.17 Å². The Morgan fingerprint density at radius 3 is 2.40 bits per heavy atom. The minimum Gasteiger partial charge on any atom is -0.297 e. The molecular weight excluding hydrogens is 665 g/mol. The number of hydrogen-bond donors (Lipinski definition) is 1. The molecule has 1 saturated heterocycles. The molecule has 0 bridgehead atoms. The molecule has 9 unspecified atom stereocenters. The van der Waals surface area contributed by atoms with Crippen molar-refractivity contribution in [2.45, 2.75) is 198 Å². The first kappa shape index (κ1) is 36.2. The van der Waals surface area contributed by atoms with Crippen LogP contribution in [0.3, 0.4) is 0 Å². The summed E-state index contributed by atoms with van der Waals surface area (Å²) in [5.41, 5.74) is 12.9. The maximum Gasteiger partial charge on any atom is 0.0634 e. The van der Waals surface area contributed by atoms with Gasteiger partial charge in [-0.1, -0.05) is 85.8 Å². The summed E-state index contributed by atoms with van der Waals surface area (Å²) in [7, 11) is 0. The number of fused-ring (bicyclic) bond motifs is 5. The van der Waals surface area contributed by atoms with Crippen LogP contribution in [0.1, 0.15) is 173 Å². The van der Waals surface area contributed by atoms with Gasteiger partial charge in [-0.15, -0.1) is 0 Å². The van der Waals surface area contributed by atoms with Crippen molar-refractivity contribution in [2.75, 3.05) is 0 Å². The van der Waals surface area contributed by atoms with Gasteiger partial charge in [-0.25, -0.2) is 0 Å². The highest BCUT2D eigenvalue weighted by Crippen LogP contribution is 2.57. The molecule has 11 rings (SSSR count). The van der Waals surface area contributed by atoms with Gasteiger partial charge in [-0.2, -0.15) is 0 Å². The molecule has 9 atom stereocenters. The molecular formula is C53H74N2. The van der Waals surface area contributed by atoms with Gasteiger partial charge in [0, 0.05) is 24.0 Å². The molecule has 5 fully saturated rings. The summed E-state index contributed by atoms with van der Waals surface area (Å²) in [5, 5.41) is 4.36. The van der Waals surface area contributed by atoms with Crippen molar-refractivity contribution >= 4 is 0 Å². The first-order valence-electron chi connectivity index (χ1n) is 24.7. The Bertz CT molecular complexity index is 1660. The predicted molar refractivity (Wildman–Crippen MR) is 229 cm³/mol. The summed E-state index contributed by atoms with van der Waals surface area (Å²) in [6.45, 7) is 0. The zero-order chi connectivity index (χ0) is 36.3. The molecule has 0 aromatic rings. The third-order valence-electron chi connectivity index (χ3n) is 18.3. The van der Waals surface area contributed by atoms with E-state index < -0.39 is 0 Å². The van der Waals surface area contributed by atoms with Crippen LogP contribution in [0.5, 0.6) is 0 Å². The molecule has 55 heavy (non-hydrogen) atoms. The Labute approximate surface area is 335 Å². The maximum atomic E-state index is 4.36. The van der Waals surface area contributed by atoms with Crippen LogP contribution in [0.25, 0.3) is 0 Å². The second kappa shape index (κ2) is 15.7. The molecule has 10 aliphatic carbocycles. The van der Waals surface area contributed by atoms with Crippen molar-refractivity contribution < 1.29 is 0 Å². The lowest BCUT2D eigenvalue weighted by molar-refractivity contribution is 0.0420. The van der Waals surface area contributed by atoms with Crippen molar-refractivity contribution in [2.24, 2.45) is 47.3 Å². The van der Waals surface area contributed by atoms with Gasteiger partial charge in [-0.05, 0) is 211 Å². The molecule has 4 saturated carbocycles. The summed E-state index contributed by atoms with van der Waals surface area (Å²) in [6, 6.07) is 2.46. The van der Waals surface area contributed by atoms with E-state index in [-0.39, 0.29) is 0 Å². The molecule has 0 aromatic carbocycles. The van der Waals surface area contributed by atoms with Gasteiger partial charge in [-0.3, -0.25) is 10.2 Å². The van der Waals surface area contributed by atoms with Crippen LogP contribution in [0.2, 0.25) is 0 Å². The van der Waals surface area contributed by atoms with E-state index >= 15 is 0 Å². The fourth-order valence-electron chi connectivity index (χ4n) is 15.7. The number of nitrogens with zero attached hydrogens (tertiary/aromatic N) is 1. The Morgan fingerprint density at radius 1 is 0.618 bits per heavy atom. The van der Waals surface area contributed by atoms with Crippen molar-refractivity contribution in [3.8, 4) is 0 Å². The highest BCUT2D eigenvalue weighted by atomic mass is 15.4. The fraction of sp³-hybridized carbons (Fsp3) is 0.736. The summed E-state index contributed by atoms with van der Waals surface area (Å²) >= 11 is 0. The lowest BCUT2D eigenvalue weighted by Crippen LogP contribution is -2.51. The van der Waals surface area contributed by atoms with E-state index in [1.54, 1.807) is 11.1 Å². The summed E-state index contributed by atoms with van der Waals surface area (Å²) in [6.07, 6.45) is 57.3. The zero-order valence-electron chi connectivity index (χ0n) is 34.5. The van der Waals surface area contributed by atoms with Gasteiger partial charge in [0.2, 0.25) is 0 Å². The van der Waals surface area contributed by atoms with E-state index in [2.05, 4.69) is 52.7 Å². The van der Waals surface area contributed by atoms with E-state index in [1.807, 2.05) is 27.9 Å². The number of hydrogen-bond acceptors (Lipinski definition) is 2. The minimum atomic E-state index is 0.659. The lowest BCUT2D eigenvalue weighted by atomic mass is 9.58. The second-order valence-electron chi connectivity index (χ2n) is 21.0. The van der Waals surface area contributed by atoms with E-state index in [0.717, 1.165) is 59.6 Å². The predicted octanol–water partition coefficient (Wildman–Crippen LogP) is 13.4. The molecule has 0 spiro atoms. The molecule has 11 aliphatic rings. The highest BCUT2D eigenvalue weighted by molar-refractivity contribution is 5.63. The van der Waals surface area contributed by atoms with Crippen molar-refractivity contribution in [1.29, 1.82) is 0 Å². The standard InChI is InChI=1S/C53H74N2/c1-2-16-44(17-3-1)55-50-21-11-10-20-49(50)54-53(55)38-26-22-37(23-27-38)41-30-31-47-48(34-41)52(43-29-25-36-13-5-7-15-40(36)33-43)46-19-9-8-18-45(46)51(47)42-28-24-35-12-4-6-14-39(35)32-42/h4-5,12-13,19,24,34,36-40,42-45,49-50,53-54H,1-3,6-11,14-18,20-23,25-33H2. The van der Waals surface area contributed by atoms with E-state index in [0.29, 0.717) is 12.1 Å². The molecule has 0 amide bonds. The quantitative estimate of drug-likeness (QED) is 0.283. The summed E-state index contributed by atoms with van der Waals surface area (Å²) in [4.78, 5) is 3.14. The monoisotopic (exact) mass is 739 g/mol. The molecule has 0 radical (unpaired) electrons. The van der Waals surface area contributed by atoms with Crippen LogP contribution in [-0.4, -0.2) is 29.2 Å². The third kappa shape index (κ3) is 6.76. The van der Waals surface area contributed by atoms with Crippen LogP contribution in [0.4, 0.5) is 0 Å². The van der Waals surface area contributed by atoms with Crippen molar-refractivity contribution in [3.63, 3.8) is 0 Å². The third-order valence-corrected chi connectivity index (χ3v) is 18.3. The summed E-state index contributed by atoms with van der Waals surface area (Å²) < 4.78 is 0. The lowest BCUT2D eigenvalue weighted by Gasteiger charge is -2.47. The van der Waals surface area contributed by atoms with Gasteiger partial charge >= 0.3 is 0 Å². The van der Waals surface area contributed by atoms with Gasteiger partial charge < -0.3 is 0 Å². The largest absolute Gasteiger partial charge is 0.297 e. The van der Waals surface area contributed by atoms with Crippen molar-refractivity contribution in [3.05, 3.63) is 81.5 Å². The molecule has 1 N–H and O–H groups in total. The average molecular weight is 739 g/mol. The highest BCUT2D eigenvalue weighted by Gasteiger charge is 2.49. The van der Waals surface area contributed by atoms with Crippen LogP contribution in [-0.2, 0) is 0 Å². The number of rotatable bonds is 5. The Morgan fingerprint density at radius 2 is 1.47 bits per heavy atom. The van der Waals surface area contributed by atoms with E-state index in [9.17, 15) is 0 Å². The van der Waals surface area contributed by atoms with Gasteiger partial charge in [0.15, 0.2) is 0 Å². The Kier molecular flexibility index (Phi) is 10.3. The molecule has 296 valence electrons. The minimum absolute atomic E-state index is 0.659. The van der Waals surface area contributed by atoms with Crippen molar-refractivity contribution in [1.82, 2.24) is 10.2 Å².